The van der Waals surface area contributed by atoms with Crippen LogP contribution in [0.5, 0.6) is 0 Å². The van der Waals surface area contributed by atoms with Gasteiger partial charge in [-0.3, -0.25) is 9.36 Å². The van der Waals surface area contributed by atoms with E-state index in [0.29, 0.717) is 49.3 Å². The first-order valence-corrected chi connectivity index (χ1v) is 13.1. The van der Waals surface area contributed by atoms with E-state index in [9.17, 15) is 18.7 Å². The van der Waals surface area contributed by atoms with Gasteiger partial charge >= 0.3 is 0 Å². The van der Waals surface area contributed by atoms with Crippen LogP contribution in [-0.4, -0.2) is 43.2 Å². The minimum atomic E-state index is -0.847. The lowest BCUT2D eigenvalue weighted by Crippen LogP contribution is -2.30. The van der Waals surface area contributed by atoms with Crippen molar-refractivity contribution >= 4 is 46.3 Å². The summed E-state index contributed by atoms with van der Waals surface area (Å²) in [5.41, 5.74) is 6.10. The molecule has 0 radical (unpaired) electrons. The van der Waals surface area contributed by atoms with Gasteiger partial charge in [0.1, 0.15) is 11.2 Å². The number of aliphatic hydroxyl groups is 1. The summed E-state index contributed by atoms with van der Waals surface area (Å²) in [6.07, 6.45) is 7.49. The maximum atomic E-state index is 14.6. The fourth-order valence-corrected chi connectivity index (χ4v) is 5.64. The zero-order chi connectivity index (χ0) is 26.1. The van der Waals surface area contributed by atoms with E-state index >= 15 is 0 Å². The summed E-state index contributed by atoms with van der Waals surface area (Å²) < 4.78 is 31.0. The van der Waals surface area contributed by atoms with E-state index in [1.54, 1.807) is 6.20 Å². The van der Waals surface area contributed by atoms with Gasteiger partial charge in [0, 0.05) is 29.4 Å². The third-order valence-corrected chi connectivity index (χ3v) is 7.75. The normalized spacial score (nSPS) is 24.2. The number of carbonyl (C=O) groups is 1. The van der Waals surface area contributed by atoms with Gasteiger partial charge in [0.05, 0.1) is 12.3 Å². The fraction of sp³-hybridized carbons (Fsp3) is 0.520. The highest BCUT2D eigenvalue weighted by atomic mass is 35.5. The number of nitrogens with zero attached hydrogens (tertiary/aromatic N) is 4. The second kappa shape index (κ2) is 10.7. The number of carbonyl (C=O) groups excluding carboxylic acids is 1. The molecule has 2 aromatic heterocycles. The molecule has 1 aromatic carbocycles. The van der Waals surface area contributed by atoms with E-state index in [1.807, 2.05) is 4.57 Å². The first kappa shape index (κ1) is 25.6. The van der Waals surface area contributed by atoms with Gasteiger partial charge in [-0.2, -0.15) is 4.98 Å². The predicted octanol–water partition coefficient (Wildman–Crippen LogP) is 4.68. The quantitative estimate of drug-likeness (QED) is 0.347. The summed E-state index contributed by atoms with van der Waals surface area (Å²) >= 11 is 5.79. The molecule has 12 heteroatoms. The van der Waals surface area contributed by atoms with Crippen molar-refractivity contribution in [3.05, 3.63) is 35.0 Å². The van der Waals surface area contributed by atoms with Gasteiger partial charge in [-0.05, 0) is 50.7 Å². The standard InChI is InChI=1S/C25H30ClF2N7O2/c26-15-9-17(27)21(18(28)10-15)33-25-32-19-12-31-24(30-11-14-3-1-2-4-20(14)36)34-23(19)35(25)16-7-5-13(6-8-16)22(29)37/h9-10,12-14,16,20,36H,1-8,11H2,(H2,29,37)(H,32,33)(H,30,31,34)/t13-,14-,16+,20-/m0/s1. The Balaban J connectivity index is 1.48. The highest BCUT2D eigenvalue weighted by Crippen LogP contribution is 2.38. The van der Waals surface area contributed by atoms with Crippen LogP contribution in [0.2, 0.25) is 5.02 Å². The molecule has 0 saturated heterocycles. The minimum absolute atomic E-state index is 0.0523. The van der Waals surface area contributed by atoms with Gasteiger partial charge in [0.15, 0.2) is 17.3 Å². The van der Waals surface area contributed by atoms with E-state index in [4.69, 9.17) is 22.3 Å². The van der Waals surface area contributed by atoms with Crippen LogP contribution in [0.1, 0.15) is 57.4 Å². The molecule has 9 nitrogen and oxygen atoms in total. The van der Waals surface area contributed by atoms with Crippen LogP contribution in [0.15, 0.2) is 18.3 Å². The zero-order valence-corrected chi connectivity index (χ0v) is 21.0. The van der Waals surface area contributed by atoms with Crippen molar-refractivity contribution in [2.24, 2.45) is 17.6 Å². The molecule has 1 amide bonds. The number of aliphatic hydroxyl groups excluding tert-OH is 1. The topological polar surface area (TPSA) is 131 Å². The molecule has 0 bridgehead atoms. The van der Waals surface area contributed by atoms with E-state index in [1.165, 1.54) is 0 Å². The molecular formula is C25H30ClF2N7O2. The molecule has 2 saturated carbocycles. The van der Waals surface area contributed by atoms with Gasteiger partial charge < -0.3 is 21.5 Å². The fourth-order valence-electron chi connectivity index (χ4n) is 5.45. The first-order valence-electron chi connectivity index (χ1n) is 12.7. The van der Waals surface area contributed by atoms with Crippen LogP contribution in [0.25, 0.3) is 11.2 Å². The molecule has 2 fully saturated rings. The largest absolute Gasteiger partial charge is 0.393 e. The number of imidazole rings is 1. The van der Waals surface area contributed by atoms with Crippen molar-refractivity contribution in [3.63, 3.8) is 0 Å². The van der Waals surface area contributed by atoms with Crippen LogP contribution in [0, 0.1) is 23.5 Å². The number of primary amides is 1. The molecule has 37 heavy (non-hydrogen) atoms. The Labute approximate surface area is 217 Å². The lowest BCUT2D eigenvalue weighted by atomic mass is 9.85. The summed E-state index contributed by atoms with van der Waals surface area (Å²) in [5, 5.41) is 16.3. The Bertz CT molecular complexity index is 1270. The molecule has 2 heterocycles. The lowest BCUT2D eigenvalue weighted by molar-refractivity contribution is -0.122. The van der Waals surface area contributed by atoms with Crippen LogP contribution in [0.4, 0.5) is 26.4 Å². The average Bonchev–Trinajstić information content (AvgIpc) is 3.23. The predicted molar refractivity (Wildman–Crippen MR) is 137 cm³/mol. The maximum Gasteiger partial charge on any atom is 0.224 e. The number of fused-ring (bicyclic) bond motifs is 1. The highest BCUT2D eigenvalue weighted by Gasteiger charge is 2.30. The van der Waals surface area contributed by atoms with Crippen molar-refractivity contribution in [2.75, 3.05) is 17.2 Å². The second-order valence-corrected chi connectivity index (χ2v) is 10.4. The third kappa shape index (κ3) is 5.47. The maximum absolute atomic E-state index is 14.6. The van der Waals surface area contributed by atoms with E-state index < -0.39 is 11.6 Å². The number of amides is 1. The van der Waals surface area contributed by atoms with Crippen molar-refractivity contribution in [1.82, 2.24) is 19.5 Å². The summed E-state index contributed by atoms with van der Waals surface area (Å²) in [6, 6.07) is 1.93. The number of hydrogen-bond donors (Lipinski definition) is 4. The summed E-state index contributed by atoms with van der Waals surface area (Å²) in [5.74, 6) is -1.51. The molecule has 2 aliphatic rings. The van der Waals surface area contributed by atoms with Crippen LogP contribution >= 0.6 is 11.6 Å². The monoisotopic (exact) mass is 533 g/mol. The Kier molecular flexibility index (Phi) is 7.43. The number of hydrogen-bond acceptors (Lipinski definition) is 7. The number of benzene rings is 1. The number of anilines is 3. The summed E-state index contributed by atoms with van der Waals surface area (Å²) in [4.78, 5) is 25.3. The van der Waals surface area contributed by atoms with Crippen LogP contribution in [0.3, 0.4) is 0 Å². The Morgan fingerprint density at radius 1 is 1.11 bits per heavy atom. The van der Waals surface area contributed by atoms with Crippen LogP contribution in [-0.2, 0) is 4.79 Å². The zero-order valence-electron chi connectivity index (χ0n) is 20.3. The summed E-state index contributed by atoms with van der Waals surface area (Å²) in [7, 11) is 0. The van der Waals surface area contributed by atoms with E-state index in [0.717, 1.165) is 37.8 Å². The number of rotatable bonds is 7. The summed E-state index contributed by atoms with van der Waals surface area (Å²) in [6.45, 7) is 0.539. The van der Waals surface area contributed by atoms with Crippen molar-refractivity contribution in [3.8, 4) is 0 Å². The van der Waals surface area contributed by atoms with E-state index in [2.05, 4.69) is 20.6 Å². The molecule has 2 aliphatic carbocycles. The molecule has 0 unspecified atom stereocenters. The van der Waals surface area contributed by atoms with Gasteiger partial charge in [0.2, 0.25) is 17.8 Å². The second-order valence-electron chi connectivity index (χ2n) is 9.98. The van der Waals surface area contributed by atoms with E-state index in [-0.39, 0.29) is 46.5 Å². The molecule has 198 valence electrons. The van der Waals surface area contributed by atoms with Crippen molar-refractivity contribution in [2.45, 2.75) is 63.5 Å². The molecule has 0 spiro atoms. The molecule has 5 rings (SSSR count). The SMILES string of the molecule is NC(=O)[C@H]1CC[C@@H](n2c(Nc3c(F)cc(Cl)cc3F)nc3cnc(NC[C@@H]4CCCC[C@@H]4O)nc32)CC1. The minimum Gasteiger partial charge on any atom is -0.393 e. The van der Waals surface area contributed by atoms with Crippen molar-refractivity contribution in [1.29, 1.82) is 0 Å². The first-order chi connectivity index (χ1) is 17.8. The molecular weight excluding hydrogens is 504 g/mol. The van der Waals surface area contributed by atoms with Gasteiger partial charge in [-0.1, -0.05) is 24.4 Å². The van der Waals surface area contributed by atoms with Crippen molar-refractivity contribution < 1.29 is 18.7 Å². The van der Waals surface area contributed by atoms with Gasteiger partial charge in [-0.25, -0.2) is 18.7 Å². The van der Waals surface area contributed by atoms with Gasteiger partial charge in [0.25, 0.3) is 0 Å². The smallest absolute Gasteiger partial charge is 0.224 e. The average molecular weight is 534 g/mol. The Hall–Kier alpha value is -3.05. The highest BCUT2D eigenvalue weighted by molar-refractivity contribution is 6.30. The third-order valence-electron chi connectivity index (χ3n) is 7.53. The molecule has 5 N–H and O–H groups in total. The Morgan fingerprint density at radius 3 is 2.49 bits per heavy atom. The van der Waals surface area contributed by atoms with Crippen LogP contribution < -0.4 is 16.4 Å². The number of nitrogens with two attached hydrogens (primary N) is 1. The molecule has 0 aliphatic heterocycles. The lowest BCUT2D eigenvalue weighted by Gasteiger charge is -2.29. The molecule has 3 aromatic rings. The number of nitrogens with one attached hydrogen (secondary N) is 2. The van der Waals surface area contributed by atoms with Gasteiger partial charge in [-0.15, -0.1) is 0 Å². The number of halogens is 3. The number of aromatic nitrogens is 4. The Morgan fingerprint density at radius 2 is 1.81 bits per heavy atom. The molecule has 2 atom stereocenters.